The number of nitro benzene ring substituents is 1. The maximum atomic E-state index is 11.2. The summed E-state index contributed by atoms with van der Waals surface area (Å²) in [6.45, 7) is 3.86. The highest BCUT2D eigenvalue weighted by molar-refractivity contribution is 5.94. The minimum Gasteiger partial charge on any atom is -0.344 e. The van der Waals surface area contributed by atoms with Gasteiger partial charge in [0.15, 0.2) is 0 Å². The van der Waals surface area contributed by atoms with E-state index in [0.717, 1.165) is 11.0 Å². The quantitative estimate of drug-likeness (QED) is 0.630. The van der Waals surface area contributed by atoms with Crippen LogP contribution in [-0.2, 0) is 0 Å². The molecule has 94 valence electrons. The van der Waals surface area contributed by atoms with Crippen molar-refractivity contribution in [3.05, 3.63) is 57.6 Å². The molecule has 0 radical (unpaired) electrons. The molecule has 0 heterocycles. The highest BCUT2D eigenvalue weighted by Gasteiger charge is 2.16. The van der Waals surface area contributed by atoms with Gasteiger partial charge in [-0.3, -0.25) is 10.1 Å². The summed E-state index contributed by atoms with van der Waals surface area (Å²) in [7, 11) is 0. The fourth-order valence-electron chi connectivity index (χ4n) is 1.90. The molecule has 4 heteroatoms. The number of fused-ring (bicyclic) bond motifs is 1. The van der Waals surface area contributed by atoms with Crippen LogP contribution in [0.2, 0.25) is 0 Å². The molecule has 2 aromatic rings. The summed E-state index contributed by atoms with van der Waals surface area (Å²) in [5, 5.41) is 12.8. The lowest BCUT2D eigenvalue weighted by molar-refractivity contribution is -0.383. The van der Waals surface area contributed by atoms with Gasteiger partial charge < -0.3 is 6.15 Å². The Morgan fingerprint density at radius 1 is 1.17 bits per heavy atom. The lowest BCUT2D eigenvalue weighted by Gasteiger charge is -2.03. The third-order valence-corrected chi connectivity index (χ3v) is 2.56. The molecule has 0 aromatic heterocycles. The zero-order valence-corrected chi connectivity index (χ0v) is 10.5. The van der Waals surface area contributed by atoms with E-state index < -0.39 is 0 Å². The second kappa shape index (κ2) is 5.42. The van der Waals surface area contributed by atoms with Crippen molar-refractivity contribution in [2.75, 3.05) is 0 Å². The summed E-state index contributed by atoms with van der Waals surface area (Å²) in [4.78, 5) is 10.9. The molecule has 0 fully saturated rings. The zero-order chi connectivity index (χ0) is 12.4. The molecule has 0 aliphatic carbocycles. The van der Waals surface area contributed by atoms with Crippen molar-refractivity contribution in [3.63, 3.8) is 0 Å². The van der Waals surface area contributed by atoms with Crippen LogP contribution in [0.5, 0.6) is 0 Å². The van der Waals surface area contributed by atoms with Crippen LogP contribution in [-0.4, -0.2) is 4.92 Å². The lowest BCUT2D eigenvalue weighted by atomic mass is 10.0. The zero-order valence-electron chi connectivity index (χ0n) is 10.5. The van der Waals surface area contributed by atoms with Crippen molar-refractivity contribution in [3.8, 4) is 0 Å². The van der Waals surface area contributed by atoms with E-state index in [9.17, 15) is 10.1 Å². The van der Waals surface area contributed by atoms with E-state index in [1.165, 1.54) is 0 Å². The van der Waals surface area contributed by atoms with Gasteiger partial charge in [-0.25, -0.2) is 0 Å². The molecule has 4 nitrogen and oxygen atoms in total. The van der Waals surface area contributed by atoms with Crippen molar-refractivity contribution in [1.82, 2.24) is 6.15 Å². The van der Waals surface area contributed by atoms with Gasteiger partial charge in [-0.15, -0.1) is 0 Å². The monoisotopic (exact) mass is 244 g/mol. The van der Waals surface area contributed by atoms with E-state index in [2.05, 4.69) is 0 Å². The van der Waals surface area contributed by atoms with Crippen LogP contribution in [0.4, 0.5) is 5.69 Å². The fourth-order valence-corrected chi connectivity index (χ4v) is 1.90. The van der Waals surface area contributed by atoms with E-state index in [1.807, 2.05) is 44.2 Å². The van der Waals surface area contributed by atoms with Gasteiger partial charge in [-0.1, -0.05) is 29.8 Å². The summed E-state index contributed by atoms with van der Waals surface area (Å²) in [5.74, 6) is 0. The molecule has 0 saturated heterocycles. The maximum Gasteiger partial charge on any atom is 0.284 e. The fraction of sp³-hybridized carbons (Fsp3) is 0.143. The van der Waals surface area contributed by atoms with Crippen molar-refractivity contribution in [2.45, 2.75) is 13.8 Å². The molecular formula is C14H16N2O2. The number of nitrogens with zero attached hydrogens (tertiary/aromatic N) is 1. The number of rotatable bonds is 2. The van der Waals surface area contributed by atoms with Crippen LogP contribution < -0.4 is 6.15 Å². The first kappa shape index (κ1) is 13.9. The molecule has 0 bridgehead atoms. The Balaban J connectivity index is 0.00000162. The van der Waals surface area contributed by atoms with Gasteiger partial charge in [0.1, 0.15) is 0 Å². The van der Waals surface area contributed by atoms with Gasteiger partial charge in [0, 0.05) is 0 Å². The molecule has 0 aliphatic rings. The number of allylic oxidation sites excluding steroid dienone is 1. The highest BCUT2D eigenvalue weighted by atomic mass is 16.6. The minimum absolute atomic E-state index is 0. The molecule has 0 amide bonds. The molecule has 0 unspecified atom stereocenters. The van der Waals surface area contributed by atoms with E-state index in [-0.39, 0.29) is 16.8 Å². The number of nitro groups is 1. The molecular weight excluding hydrogens is 228 g/mol. The summed E-state index contributed by atoms with van der Waals surface area (Å²) in [5.41, 5.74) is 1.89. The van der Waals surface area contributed by atoms with Gasteiger partial charge in [0.05, 0.1) is 15.9 Å². The van der Waals surface area contributed by atoms with Gasteiger partial charge >= 0.3 is 0 Å². The van der Waals surface area contributed by atoms with Crippen molar-refractivity contribution < 1.29 is 4.92 Å². The van der Waals surface area contributed by atoms with Crippen molar-refractivity contribution >= 4 is 22.5 Å². The predicted molar refractivity (Wildman–Crippen MR) is 74.9 cm³/mol. The maximum absolute atomic E-state index is 11.2. The number of hydrogen-bond donors (Lipinski definition) is 1. The Labute approximate surface area is 106 Å². The van der Waals surface area contributed by atoms with Crippen LogP contribution >= 0.6 is 0 Å². The van der Waals surface area contributed by atoms with Crippen LogP contribution in [0.3, 0.4) is 0 Å². The largest absolute Gasteiger partial charge is 0.344 e. The normalized spacial score (nSPS) is 9.67. The minimum atomic E-state index is -0.308. The Morgan fingerprint density at radius 3 is 2.44 bits per heavy atom. The van der Waals surface area contributed by atoms with E-state index in [1.54, 1.807) is 12.1 Å². The van der Waals surface area contributed by atoms with Gasteiger partial charge in [0.2, 0.25) is 0 Å². The molecule has 0 saturated carbocycles. The Hall–Kier alpha value is -2.20. The van der Waals surface area contributed by atoms with Gasteiger partial charge in [-0.2, -0.15) is 0 Å². The first-order valence-corrected chi connectivity index (χ1v) is 5.40. The van der Waals surface area contributed by atoms with Gasteiger partial charge in [-0.05, 0) is 37.4 Å². The van der Waals surface area contributed by atoms with E-state index >= 15 is 0 Å². The third-order valence-electron chi connectivity index (χ3n) is 2.56. The molecule has 0 aliphatic heterocycles. The molecule has 18 heavy (non-hydrogen) atoms. The van der Waals surface area contributed by atoms with Crippen molar-refractivity contribution in [1.29, 1.82) is 0 Å². The second-order valence-electron chi connectivity index (χ2n) is 4.20. The van der Waals surface area contributed by atoms with Crippen LogP contribution in [0.1, 0.15) is 19.4 Å². The number of hydrogen-bond acceptors (Lipinski definition) is 3. The molecule has 2 aromatic carbocycles. The van der Waals surface area contributed by atoms with E-state index in [0.29, 0.717) is 10.9 Å². The van der Waals surface area contributed by atoms with Crippen LogP contribution in [0.15, 0.2) is 42.0 Å². The van der Waals surface area contributed by atoms with Crippen LogP contribution in [0, 0.1) is 10.1 Å². The summed E-state index contributed by atoms with van der Waals surface area (Å²) in [6, 6.07) is 11.1. The van der Waals surface area contributed by atoms with Crippen molar-refractivity contribution in [2.24, 2.45) is 0 Å². The molecule has 0 spiro atoms. The van der Waals surface area contributed by atoms with E-state index in [4.69, 9.17) is 0 Å². The Morgan fingerprint density at radius 2 is 1.83 bits per heavy atom. The van der Waals surface area contributed by atoms with Gasteiger partial charge in [0.25, 0.3) is 5.69 Å². The average Bonchev–Trinajstić information content (AvgIpc) is 2.27. The second-order valence-corrected chi connectivity index (χ2v) is 4.20. The Kier molecular flexibility index (Phi) is 4.18. The molecule has 2 rings (SSSR count). The highest BCUT2D eigenvalue weighted by Crippen LogP contribution is 2.30. The predicted octanol–water partition coefficient (Wildman–Crippen LogP) is 4.33. The third kappa shape index (κ3) is 2.55. The summed E-state index contributed by atoms with van der Waals surface area (Å²) in [6.07, 6.45) is 1.84. The summed E-state index contributed by atoms with van der Waals surface area (Å²) < 4.78 is 0. The first-order chi connectivity index (χ1) is 8.09. The topological polar surface area (TPSA) is 78.1 Å². The molecule has 0 atom stereocenters. The summed E-state index contributed by atoms with van der Waals surface area (Å²) >= 11 is 0. The lowest BCUT2D eigenvalue weighted by Crippen LogP contribution is -1.93. The standard InChI is InChI=1S/C14H13NO2.H3N/c1-10(2)9-12-8-7-11-5-3-4-6-13(11)14(12)15(16)17;/h3-9H,1-2H3;1H3. The first-order valence-electron chi connectivity index (χ1n) is 5.40. The Bertz CT molecular complexity index is 614. The SMILES string of the molecule is CC(C)=Cc1ccc2ccccc2c1[N+](=O)[O-].N. The molecule has 3 N–H and O–H groups in total. The smallest absolute Gasteiger partial charge is 0.284 e. The number of benzene rings is 2. The average molecular weight is 244 g/mol. The van der Waals surface area contributed by atoms with Crippen LogP contribution in [0.25, 0.3) is 16.8 Å².